The van der Waals surface area contributed by atoms with Crippen LogP contribution in [-0.4, -0.2) is 32.9 Å². The smallest absolute Gasteiger partial charge is 0.196 e. The van der Waals surface area contributed by atoms with E-state index in [2.05, 4.69) is 17.1 Å². The van der Waals surface area contributed by atoms with Crippen molar-refractivity contribution in [1.82, 2.24) is 14.8 Å². The van der Waals surface area contributed by atoms with E-state index in [9.17, 15) is 4.79 Å². The van der Waals surface area contributed by atoms with Gasteiger partial charge in [-0.2, -0.15) is 0 Å². The fraction of sp³-hybridized carbons (Fsp3) is 0.286. The predicted molar refractivity (Wildman–Crippen MR) is 108 cm³/mol. The zero-order chi connectivity index (χ0) is 19.2. The van der Waals surface area contributed by atoms with Crippen molar-refractivity contribution < 1.29 is 9.53 Å². The Morgan fingerprint density at radius 1 is 1.19 bits per heavy atom. The summed E-state index contributed by atoms with van der Waals surface area (Å²) in [5, 5.41) is 8.58. The Balaban J connectivity index is 1.78. The van der Waals surface area contributed by atoms with Crippen LogP contribution in [0.5, 0.6) is 5.75 Å². The van der Waals surface area contributed by atoms with E-state index >= 15 is 0 Å². The molecule has 140 valence electrons. The van der Waals surface area contributed by atoms with Gasteiger partial charge < -0.3 is 4.74 Å². The second-order valence-corrected chi connectivity index (χ2v) is 7.53. The number of aryl methyl sites for hydroxylation is 1. The van der Waals surface area contributed by atoms with Gasteiger partial charge in [0.05, 0.1) is 18.0 Å². The summed E-state index contributed by atoms with van der Waals surface area (Å²) in [6.45, 7) is 4.05. The van der Waals surface area contributed by atoms with Crippen molar-refractivity contribution in [3.8, 4) is 11.4 Å². The first kappa shape index (κ1) is 19.2. The van der Waals surface area contributed by atoms with Crippen molar-refractivity contribution in [3.05, 3.63) is 66.0 Å². The lowest BCUT2D eigenvalue weighted by molar-refractivity contribution is 0.0994. The lowest BCUT2D eigenvalue weighted by atomic mass is 10.0. The van der Waals surface area contributed by atoms with E-state index in [0.717, 1.165) is 29.8 Å². The molecule has 2 aromatic carbocycles. The molecule has 0 bridgehead atoms. The Hall–Kier alpha value is -2.60. The molecule has 0 aliphatic heterocycles. The van der Waals surface area contributed by atoms with E-state index < -0.39 is 0 Å². The van der Waals surface area contributed by atoms with Gasteiger partial charge in [-0.05, 0) is 31.0 Å². The minimum atomic E-state index is -0.278. The first-order valence-corrected chi connectivity index (χ1v) is 9.85. The van der Waals surface area contributed by atoms with Gasteiger partial charge in [-0.1, -0.05) is 61.5 Å². The number of nitrogens with zero attached hydrogens (tertiary/aromatic N) is 3. The third-order valence-corrected chi connectivity index (χ3v) is 5.35. The maximum atomic E-state index is 12.8. The average Bonchev–Trinajstić information content (AvgIpc) is 3.16. The van der Waals surface area contributed by atoms with Crippen molar-refractivity contribution >= 4 is 17.5 Å². The van der Waals surface area contributed by atoms with Gasteiger partial charge in [0.15, 0.2) is 10.9 Å². The first-order chi connectivity index (χ1) is 13.1. The number of carbonyl (C=O) groups is 1. The second kappa shape index (κ2) is 8.86. The minimum absolute atomic E-state index is 0.0811. The first-order valence-electron chi connectivity index (χ1n) is 8.97. The molecule has 27 heavy (non-hydrogen) atoms. The van der Waals surface area contributed by atoms with Crippen molar-refractivity contribution in [2.75, 3.05) is 7.11 Å². The predicted octanol–water partition coefficient (Wildman–Crippen LogP) is 4.59. The van der Waals surface area contributed by atoms with Gasteiger partial charge in [-0.25, -0.2) is 0 Å². The highest BCUT2D eigenvalue weighted by molar-refractivity contribution is 8.00. The fourth-order valence-electron chi connectivity index (χ4n) is 2.87. The molecule has 5 nitrogen and oxygen atoms in total. The Labute approximate surface area is 163 Å². The normalized spacial score (nSPS) is 12.0. The molecule has 3 rings (SSSR count). The third kappa shape index (κ3) is 4.39. The number of aromatic nitrogens is 3. The molecule has 0 N–H and O–H groups in total. The topological polar surface area (TPSA) is 57.0 Å². The molecule has 1 heterocycles. The number of hydrogen-bond donors (Lipinski definition) is 0. The Bertz CT molecular complexity index is 906. The van der Waals surface area contributed by atoms with E-state index in [4.69, 9.17) is 4.74 Å². The maximum Gasteiger partial charge on any atom is 0.196 e. The molecule has 0 fully saturated rings. The minimum Gasteiger partial charge on any atom is -0.495 e. The molecular formula is C21H23N3O2S. The number of ether oxygens (including phenoxy) is 1. The monoisotopic (exact) mass is 381 g/mol. The molecule has 0 unspecified atom stereocenters. The summed E-state index contributed by atoms with van der Waals surface area (Å²) >= 11 is 1.39. The summed E-state index contributed by atoms with van der Waals surface area (Å²) in [6.07, 6.45) is 3.76. The number of carbonyl (C=O) groups excluding carboxylic acids is 1. The average molecular weight is 382 g/mol. The second-order valence-electron chi connectivity index (χ2n) is 6.23. The van der Waals surface area contributed by atoms with Gasteiger partial charge in [-0.15, -0.1) is 10.2 Å². The molecule has 0 aliphatic carbocycles. The molecule has 6 heteroatoms. The number of benzene rings is 2. The summed E-state index contributed by atoms with van der Waals surface area (Å²) in [5.41, 5.74) is 2.82. The highest BCUT2D eigenvalue weighted by Gasteiger charge is 2.20. The zero-order valence-electron chi connectivity index (χ0n) is 15.8. The van der Waals surface area contributed by atoms with Crippen LogP contribution in [0.1, 0.15) is 36.2 Å². The quantitative estimate of drug-likeness (QED) is 0.422. The molecule has 0 saturated heterocycles. The summed E-state index contributed by atoms with van der Waals surface area (Å²) < 4.78 is 7.27. The van der Waals surface area contributed by atoms with Crippen LogP contribution in [0.2, 0.25) is 0 Å². The van der Waals surface area contributed by atoms with E-state index in [1.807, 2.05) is 60.0 Å². The number of para-hydroxylation sites is 2. The number of thioether (sulfide) groups is 1. The summed E-state index contributed by atoms with van der Waals surface area (Å²) in [7, 11) is 1.63. The molecule has 1 aromatic heterocycles. The van der Waals surface area contributed by atoms with Gasteiger partial charge in [0.25, 0.3) is 0 Å². The van der Waals surface area contributed by atoms with Gasteiger partial charge in [-0.3, -0.25) is 9.36 Å². The van der Waals surface area contributed by atoms with Gasteiger partial charge in [0.2, 0.25) is 0 Å². The Kier molecular flexibility index (Phi) is 6.29. The van der Waals surface area contributed by atoms with Crippen LogP contribution >= 0.6 is 11.8 Å². The fourth-order valence-corrected chi connectivity index (χ4v) is 3.78. The van der Waals surface area contributed by atoms with Crippen molar-refractivity contribution in [2.45, 2.75) is 37.1 Å². The van der Waals surface area contributed by atoms with Crippen LogP contribution in [0.3, 0.4) is 0 Å². The largest absolute Gasteiger partial charge is 0.495 e. The number of rotatable bonds is 8. The molecule has 0 saturated carbocycles. The third-order valence-electron chi connectivity index (χ3n) is 4.29. The van der Waals surface area contributed by atoms with Crippen LogP contribution in [0.4, 0.5) is 0 Å². The van der Waals surface area contributed by atoms with E-state index in [1.54, 1.807) is 13.4 Å². The van der Waals surface area contributed by atoms with Crippen molar-refractivity contribution in [3.63, 3.8) is 0 Å². The molecule has 0 amide bonds. The number of Topliss-reactive ketones (excluding diaryl/α,β-unsaturated/α-hetero) is 1. The molecule has 1 atom stereocenters. The zero-order valence-corrected chi connectivity index (χ0v) is 16.6. The van der Waals surface area contributed by atoms with Crippen LogP contribution in [0, 0.1) is 0 Å². The van der Waals surface area contributed by atoms with Crippen LogP contribution in [0.15, 0.2) is 60.0 Å². The van der Waals surface area contributed by atoms with Gasteiger partial charge in [0.1, 0.15) is 12.1 Å². The van der Waals surface area contributed by atoms with Gasteiger partial charge in [0, 0.05) is 5.56 Å². The van der Waals surface area contributed by atoms with Crippen LogP contribution < -0.4 is 4.74 Å². The lowest BCUT2D eigenvalue weighted by Gasteiger charge is -2.13. The van der Waals surface area contributed by atoms with Crippen molar-refractivity contribution in [1.29, 1.82) is 0 Å². The van der Waals surface area contributed by atoms with Crippen LogP contribution in [-0.2, 0) is 6.42 Å². The van der Waals surface area contributed by atoms with Crippen LogP contribution in [0.25, 0.3) is 5.69 Å². The van der Waals surface area contributed by atoms with E-state index in [0.29, 0.717) is 5.16 Å². The maximum absolute atomic E-state index is 12.8. The number of methoxy groups -OCH3 is 1. The summed E-state index contributed by atoms with van der Waals surface area (Å²) in [5.74, 6) is 0.808. The standard InChI is InChI=1S/C21H23N3O2S/c1-4-7-16-10-12-17(13-11-16)20(25)15(2)27-21-23-22-14-24(21)18-8-5-6-9-19(18)26-3/h5-6,8-15H,4,7H2,1-3H3/t15-/m1/s1. The van der Waals surface area contributed by atoms with E-state index in [1.165, 1.54) is 17.3 Å². The SMILES string of the molecule is CCCc1ccc(C(=O)[C@@H](C)Sc2nncn2-c2ccccc2OC)cc1. The summed E-state index contributed by atoms with van der Waals surface area (Å²) in [6, 6.07) is 15.6. The van der Waals surface area contributed by atoms with Crippen molar-refractivity contribution in [2.24, 2.45) is 0 Å². The highest BCUT2D eigenvalue weighted by atomic mass is 32.2. The highest BCUT2D eigenvalue weighted by Crippen LogP contribution is 2.29. The van der Waals surface area contributed by atoms with Gasteiger partial charge >= 0.3 is 0 Å². The molecule has 3 aromatic rings. The molecule has 0 radical (unpaired) electrons. The number of ketones is 1. The van der Waals surface area contributed by atoms with E-state index in [-0.39, 0.29) is 11.0 Å². The summed E-state index contributed by atoms with van der Waals surface area (Å²) in [4.78, 5) is 12.8. The molecule has 0 aliphatic rings. The number of hydrogen-bond acceptors (Lipinski definition) is 5. The Morgan fingerprint density at radius 2 is 1.93 bits per heavy atom. The molecule has 0 spiro atoms. The lowest BCUT2D eigenvalue weighted by Crippen LogP contribution is -2.14. The molecular weight excluding hydrogens is 358 g/mol. The Morgan fingerprint density at radius 3 is 2.63 bits per heavy atom.